The molecule has 0 fully saturated rings. The van der Waals surface area contributed by atoms with Gasteiger partial charge in [-0.3, -0.25) is 9.48 Å². The molecule has 0 spiro atoms. The van der Waals surface area contributed by atoms with Gasteiger partial charge >= 0.3 is 0 Å². The van der Waals surface area contributed by atoms with Gasteiger partial charge in [0.25, 0.3) is 9.05 Å². The minimum absolute atomic E-state index is 0.108. The second kappa shape index (κ2) is 5.71. The van der Waals surface area contributed by atoms with Crippen LogP contribution in [0.15, 0.2) is 17.3 Å². The molecule has 1 aromatic rings. The highest BCUT2D eigenvalue weighted by Crippen LogP contribution is 2.16. The first-order valence-corrected chi connectivity index (χ1v) is 7.89. The zero-order chi connectivity index (χ0) is 13.9. The first-order chi connectivity index (χ1) is 8.31. The van der Waals surface area contributed by atoms with Crippen molar-refractivity contribution >= 4 is 25.6 Å². The fourth-order valence-corrected chi connectivity index (χ4v) is 2.22. The van der Waals surface area contributed by atoms with Crippen molar-refractivity contribution in [1.82, 2.24) is 14.7 Å². The van der Waals surface area contributed by atoms with Gasteiger partial charge < -0.3 is 4.90 Å². The van der Waals surface area contributed by atoms with Crippen molar-refractivity contribution in [3.05, 3.63) is 12.4 Å². The third-order valence-corrected chi connectivity index (χ3v) is 4.00. The molecule has 0 saturated heterocycles. The summed E-state index contributed by atoms with van der Waals surface area (Å²) in [7, 11) is 1.39. The number of aromatic nitrogens is 2. The Labute approximate surface area is 111 Å². The van der Waals surface area contributed by atoms with E-state index in [1.165, 1.54) is 10.9 Å². The van der Waals surface area contributed by atoms with Gasteiger partial charge in [0.15, 0.2) is 0 Å². The summed E-state index contributed by atoms with van der Waals surface area (Å²) in [5, 5.41) is 3.86. The lowest BCUT2D eigenvalue weighted by molar-refractivity contribution is -0.134. The van der Waals surface area contributed by atoms with E-state index in [2.05, 4.69) is 5.10 Å². The first-order valence-electron chi connectivity index (χ1n) is 5.58. The lowest BCUT2D eigenvalue weighted by atomic mass is 10.3. The summed E-state index contributed by atoms with van der Waals surface area (Å²) < 4.78 is 23.5. The smallest absolute Gasteiger partial charge is 0.264 e. The van der Waals surface area contributed by atoms with E-state index in [-0.39, 0.29) is 10.8 Å². The Kier molecular flexibility index (Phi) is 4.75. The Bertz CT molecular complexity index is 522. The fraction of sp³-hybridized carbons (Fsp3) is 0.600. The summed E-state index contributed by atoms with van der Waals surface area (Å²) in [6.07, 6.45) is 2.39. The molecule has 1 heterocycles. The molecule has 102 valence electrons. The lowest BCUT2D eigenvalue weighted by Gasteiger charge is -2.22. The van der Waals surface area contributed by atoms with E-state index in [4.69, 9.17) is 10.7 Å². The molecule has 0 aliphatic carbocycles. The average Bonchev–Trinajstić information content (AvgIpc) is 2.78. The minimum Gasteiger partial charge on any atom is -0.341 e. The zero-order valence-electron chi connectivity index (χ0n) is 10.5. The molecule has 0 aliphatic rings. The summed E-state index contributed by atoms with van der Waals surface area (Å²) >= 11 is 0. The van der Waals surface area contributed by atoms with Crippen LogP contribution < -0.4 is 0 Å². The van der Waals surface area contributed by atoms with Gasteiger partial charge in [-0.1, -0.05) is 0 Å². The van der Waals surface area contributed by atoms with Crippen LogP contribution in [0.25, 0.3) is 0 Å². The molecule has 0 aliphatic heterocycles. The molecule has 6 nitrogen and oxygen atoms in total. The van der Waals surface area contributed by atoms with Gasteiger partial charge in [-0.05, 0) is 20.8 Å². The van der Waals surface area contributed by atoms with Crippen molar-refractivity contribution in [2.75, 3.05) is 13.1 Å². The Morgan fingerprint density at radius 1 is 1.50 bits per heavy atom. The number of halogens is 1. The van der Waals surface area contributed by atoms with E-state index >= 15 is 0 Å². The molecule has 1 amide bonds. The molecule has 1 aromatic heterocycles. The highest BCUT2D eigenvalue weighted by molar-refractivity contribution is 8.13. The quantitative estimate of drug-likeness (QED) is 0.766. The molecular formula is C10H16ClN3O3S. The number of hydrogen-bond donors (Lipinski definition) is 0. The molecule has 0 radical (unpaired) electrons. The molecule has 1 unspecified atom stereocenters. The highest BCUT2D eigenvalue weighted by Gasteiger charge is 2.22. The van der Waals surface area contributed by atoms with Gasteiger partial charge in [0.1, 0.15) is 10.9 Å². The molecular weight excluding hydrogens is 278 g/mol. The van der Waals surface area contributed by atoms with Crippen molar-refractivity contribution in [1.29, 1.82) is 0 Å². The van der Waals surface area contributed by atoms with Gasteiger partial charge in [-0.15, -0.1) is 0 Å². The van der Waals surface area contributed by atoms with Gasteiger partial charge in [-0.2, -0.15) is 5.10 Å². The number of carbonyl (C=O) groups excluding carboxylic acids is 1. The number of rotatable bonds is 5. The maximum atomic E-state index is 12.0. The molecule has 1 rings (SSSR count). The lowest BCUT2D eigenvalue weighted by Crippen LogP contribution is -2.36. The Balaban J connectivity index is 2.94. The predicted octanol–water partition coefficient (Wildman–Crippen LogP) is 1.24. The van der Waals surface area contributed by atoms with Gasteiger partial charge in [0, 0.05) is 30.0 Å². The summed E-state index contributed by atoms with van der Waals surface area (Å²) in [6, 6.07) is -0.558. The standard InChI is InChI=1S/C10H16ClN3O3S/c1-4-13(5-2)10(15)8(3)14-7-9(6-12-14)18(11,16)17/h6-8H,4-5H2,1-3H3. The largest absolute Gasteiger partial charge is 0.341 e. The van der Waals surface area contributed by atoms with Crippen LogP contribution in [0.5, 0.6) is 0 Å². The second-order valence-corrected chi connectivity index (χ2v) is 6.35. The molecule has 8 heteroatoms. The van der Waals surface area contributed by atoms with Crippen molar-refractivity contribution in [3.8, 4) is 0 Å². The van der Waals surface area contributed by atoms with Crippen LogP contribution in [0.3, 0.4) is 0 Å². The van der Waals surface area contributed by atoms with Crippen LogP contribution in [0.1, 0.15) is 26.8 Å². The summed E-state index contributed by atoms with van der Waals surface area (Å²) in [5.41, 5.74) is 0. The maximum Gasteiger partial charge on any atom is 0.264 e. The minimum atomic E-state index is -3.81. The Morgan fingerprint density at radius 2 is 2.06 bits per heavy atom. The summed E-state index contributed by atoms with van der Waals surface area (Å²) in [4.78, 5) is 13.6. The van der Waals surface area contributed by atoms with Gasteiger partial charge in [-0.25, -0.2) is 8.42 Å². The van der Waals surface area contributed by atoms with Crippen LogP contribution in [-0.4, -0.2) is 42.1 Å². The van der Waals surface area contributed by atoms with Crippen LogP contribution in [0.4, 0.5) is 0 Å². The molecule has 18 heavy (non-hydrogen) atoms. The van der Waals surface area contributed by atoms with Gasteiger partial charge in [0.05, 0.1) is 6.20 Å². The van der Waals surface area contributed by atoms with E-state index in [1.807, 2.05) is 13.8 Å². The molecule has 0 aromatic carbocycles. The average molecular weight is 294 g/mol. The Hall–Kier alpha value is -1.08. The van der Waals surface area contributed by atoms with Crippen molar-refractivity contribution in [2.45, 2.75) is 31.7 Å². The summed E-state index contributed by atoms with van der Waals surface area (Å²) in [6.45, 7) is 6.62. The van der Waals surface area contributed by atoms with E-state index in [0.717, 1.165) is 6.20 Å². The monoisotopic (exact) mass is 293 g/mol. The number of amides is 1. The van der Waals surface area contributed by atoms with Crippen molar-refractivity contribution in [3.63, 3.8) is 0 Å². The zero-order valence-corrected chi connectivity index (χ0v) is 12.1. The SMILES string of the molecule is CCN(CC)C(=O)C(C)n1cc(S(=O)(=O)Cl)cn1. The molecule has 1 atom stereocenters. The molecule has 0 N–H and O–H groups in total. The van der Waals surface area contributed by atoms with Crippen LogP contribution in [0.2, 0.25) is 0 Å². The third-order valence-electron chi connectivity index (χ3n) is 2.69. The van der Waals surface area contributed by atoms with Crippen LogP contribution >= 0.6 is 10.7 Å². The highest BCUT2D eigenvalue weighted by atomic mass is 35.7. The number of carbonyl (C=O) groups is 1. The normalized spacial score (nSPS) is 13.3. The summed E-state index contributed by atoms with van der Waals surface area (Å²) in [5.74, 6) is -0.110. The van der Waals surface area contributed by atoms with Crippen molar-refractivity contribution in [2.24, 2.45) is 0 Å². The Morgan fingerprint density at radius 3 is 2.44 bits per heavy atom. The first kappa shape index (κ1) is 15.0. The fourth-order valence-electron chi connectivity index (χ4n) is 1.57. The second-order valence-electron chi connectivity index (χ2n) is 3.78. The maximum absolute atomic E-state index is 12.0. The number of likely N-dealkylation sites (N-methyl/N-ethyl adjacent to an activating group) is 1. The third kappa shape index (κ3) is 3.23. The predicted molar refractivity (Wildman–Crippen MR) is 67.9 cm³/mol. The number of nitrogens with zero attached hydrogens (tertiary/aromatic N) is 3. The molecule has 0 saturated carbocycles. The van der Waals surface area contributed by atoms with Crippen molar-refractivity contribution < 1.29 is 13.2 Å². The topological polar surface area (TPSA) is 72.3 Å². The van der Waals surface area contributed by atoms with Gasteiger partial charge in [0.2, 0.25) is 5.91 Å². The number of hydrogen-bond acceptors (Lipinski definition) is 4. The van der Waals surface area contributed by atoms with E-state index in [0.29, 0.717) is 13.1 Å². The van der Waals surface area contributed by atoms with Crippen LogP contribution in [-0.2, 0) is 13.8 Å². The van der Waals surface area contributed by atoms with E-state index in [1.54, 1.807) is 11.8 Å². The van der Waals surface area contributed by atoms with E-state index < -0.39 is 15.1 Å². The van der Waals surface area contributed by atoms with E-state index in [9.17, 15) is 13.2 Å². The van der Waals surface area contributed by atoms with Crippen LogP contribution in [0, 0.1) is 0 Å². The molecule has 0 bridgehead atoms.